The third-order valence-electron chi connectivity index (χ3n) is 2.40. The fourth-order valence-corrected chi connectivity index (χ4v) is 2.80. The molecule has 98 valence electrons. The topological polar surface area (TPSA) is 49.4 Å². The maximum absolute atomic E-state index is 13.2. The number of nitrogens with one attached hydrogen (secondary N) is 1. The van der Waals surface area contributed by atoms with Gasteiger partial charge < -0.3 is 5.32 Å². The highest BCUT2D eigenvalue weighted by molar-refractivity contribution is 7.89. The second-order valence-corrected chi connectivity index (χ2v) is 5.76. The van der Waals surface area contributed by atoms with Crippen molar-refractivity contribution in [3.8, 4) is 12.3 Å². The maximum atomic E-state index is 13.2. The third-order valence-corrected chi connectivity index (χ3v) is 4.28. The first kappa shape index (κ1) is 14.6. The van der Waals surface area contributed by atoms with Crippen LogP contribution >= 0.6 is 0 Å². The molecule has 0 saturated carbocycles. The normalized spacial score (nSPS) is 11.5. The molecule has 0 fully saturated rings. The van der Waals surface area contributed by atoms with E-state index in [-0.39, 0.29) is 11.4 Å². The van der Waals surface area contributed by atoms with Gasteiger partial charge in [-0.1, -0.05) is 12.0 Å². The lowest BCUT2D eigenvalue weighted by Crippen LogP contribution is -2.28. The first-order valence-corrected chi connectivity index (χ1v) is 6.70. The molecule has 1 rings (SSSR count). The minimum absolute atomic E-state index is 0.0577. The van der Waals surface area contributed by atoms with Gasteiger partial charge in [-0.2, -0.15) is 4.31 Å². The Kier molecular flexibility index (Phi) is 4.84. The number of halogens is 1. The van der Waals surface area contributed by atoms with Crippen LogP contribution in [0.25, 0.3) is 0 Å². The maximum Gasteiger partial charge on any atom is 0.244 e. The van der Waals surface area contributed by atoms with E-state index in [2.05, 4.69) is 11.2 Å². The van der Waals surface area contributed by atoms with Crippen molar-refractivity contribution in [3.63, 3.8) is 0 Å². The second-order valence-electron chi connectivity index (χ2n) is 3.75. The first-order chi connectivity index (χ1) is 8.43. The van der Waals surface area contributed by atoms with E-state index in [1.807, 2.05) is 0 Å². The van der Waals surface area contributed by atoms with Crippen molar-refractivity contribution in [1.82, 2.24) is 9.62 Å². The summed E-state index contributed by atoms with van der Waals surface area (Å²) in [6.45, 7) is 0.274. The van der Waals surface area contributed by atoms with Gasteiger partial charge in [-0.15, -0.1) is 6.42 Å². The van der Waals surface area contributed by atoms with E-state index < -0.39 is 15.8 Å². The minimum Gasteiger partial charge on any atom is -0.316 e. The number of terminal acetylenes is 1. The number of sulfonamides is 1. The van der Waals surface area contributed by atoms with Crippen LogP contribution < -0.4 is 5.32 Å². The van der Waals surface area contributed by atoms with Gasteiger partial charge in [0.25, 0.3) is 0 Å². The van der Waals surface area contributed by atoms with Crippen LogP contribution in [0.3, 0.4) is 0 Å². The summed E-state index contributed by atoms with van der Waals surface area (Å²) >= 11 is 0. The quantitative estimate of drug-likeness (QED) is 0.805. The van der Waals surface area contributed by atoms with Gasteiger partial charge in [0.15, 0.2) is 0 Å². The zero-order valence-corrected chi connectivity index (χ0v) is 11.1. The lowest BCUT2D eigenvalue weighted by Gasteiger charge is -2.17. The van der Waals surface area contributed by atoms with Crippen LogP contribution in [0.5, 0.6) is 0 Å². The Morgan fingerprint density at radius 1 is 1.50 bits per heavy atom. The van der Waals surface area contributed by atoms with Crippen molar-refractivity contribution in [2.75, 3.05) is 20.6 Å². The molecule has 18 heavy (non-hydrogen) atoms. The Balaban J connectivity index is 3.30. The molecule has 0 saturated heterocycles. The van der Waals surface area contributed by atoms with Crippen LogP contribution in [0, 0.1) is 18.2 Å². The summed E-state index contributed by atoms with van der Waals surface area (Å²) in [4.78, 5) is -0.0606. The molecule has 0 aliphatic heterocycles. The number of benzene rings is 1. The summed E-state index contributed by atoms with van der Waals surface area (Å²) in [7, 11) is -0.716. The fraction of sp³-hybridized carbons (Fsp3) is 0.333. The summed E-state index contributed by atoms with van der Waals surface area (Å²) < 4.78 is 38.6. The average Bonchev–Trinajstić information content (AvgIpc) is 2.32. The molecule has 0 aliphatic carbocycles. The van der Waals surface area contributed by atoms with E-state index >= 15 is 0 Å². The summed E-state index contributed by atoms with van der Waals surface area (Å²) in [6.07, 6.45) is 5.09. The van der Waals surface area contributed by atoms with Crippen molar-refractivity contribution in [2.45, 2.75) is 11.4 Å². The van der Waals surface area contributed by atoms with Crippen molar-refractivity contribution >= 4 is 10.0 Å². The highest BCUT2D eigenvalue weighted by Gasteiger charge is 2.23. The van der Waals surface area contributed by atoms with Gasteiger partial charge in [-0.05, 0) is 24.7 Å². The average molecular weight is 270 g/mol. The Bertz CT molecular complexity index is 564. The van der Waals surface area contributed by atoms with Gasteiger partial charge in [0.1, 0.15) is 5.82 Å². The van der Waals surface area contributed by atoms with Gasteiger partial charge in [0.05, 0.1) is 11.4 Å². The van der Waals surface area contributed by atoms with Crippen molar-refractivity contribution in [2.24, 2.45) is 0 Å². The predicted molar refractivity (Wildman–Crippen MR) is 67.8 cm³/mol. The molecule has 0 amide bonds. The third kappa shape index (κ3) is 3.07. The molecule has 0 radical (unpaired) electrons. The molecule has 0 aliphatic rings. The second kappa shape index (κ2) is 5.96. The van der Waals surface area contributed by atoms with Crippen LogP contribution in [0.2, 0.25) is 0 Å². The van der Waals surface area contributed by atoms with Gasteiger partial charge in [-0.3, -0.25) is 0 Å². The van der Waals surface area contributed by atoms with Gasteiger partial charge >= 0.3 is 0 Å². The molecule has 4 nitrogen and oxygen atoms in total. The Labute approximate surface area is 107 Å². The molecular formula is C12H15FN2O2S. The van der Waals surface area contributed by atoms with Crippen molar-refractivity contribution in [3.05, 3.63) is 29.6 Å². The van der Waals surface area contributed by atoms with Crippen LogP contribution in [0.1, 0.15) is 5.56 Å². The van der Waals surface area contributed by atoms with Gasteiger partial charge in [0, 0.05) is 13.6 Å². The number of nitrogens with zero attached hydrogens (tertiary/aromatic N) is 1. The first-order valence-electron chi connectivity index (χ1n) is 5.26. The SMILES string of the molecule is C#CCN(C)S(=O)(=O)c1cc(F)ccc1CNC. The Morgan fingerprint density at radius 2 is 2.17 bits per heavy atom. The largest absolute Gasteiger partial charge is 0.316 e. The number of rotatable bonds is 5. The fourth-order valence-electron chi connectivity index (χ4n) is 1.49. The van der Waals surface area contributed by atoms with Crippen molar-refractivity contribution in [1.29, 1.82) is 0 Å². The summed E-state index contributed by atoms with van der Waals surface area (Å²) in [5.74, 6) is 1.65. The molecule has 1 aromatic rings. The molecule has 0 heterocycles. The van der Waals surface area contributed by atoms with E-state index in [0.717, 1.165) is 10.4 Å². The van der Waals surface area contributed by atoms with Crippen molar-refractivity contribution < 1.29 is 12.8 Å². The molecule has 0 aromatic heterocycles. The monoisotopic (exact) mass is 270 g/mol. The lowest BCUT2D eigenvalue weighted by molar-refractivity contribution is 0.500. The molecule has 0 spiro atoms. The van der Waals surface area contributed by atoms with Crippen LogP contribution in [-0.4, -0.2) is 33.4 Å². The Morgan fingerprint density at radius 3 is 2.72 bits per heavy atom. The summed E-state index contributed by atoms with van der Waals surface area (Å²) in [5.41, 5.74) is 0.503. The van der Waals surface area contributed by atoms with Gasteiger partial charge in [-0.25, -0.2) is 12.8 Å². The van der Waals surface area contributed by atoms with E-state index in [0.29, 0.717) is 12.1 Å². The Hall–Kier alpha value is -1.42. The molecule has 6 heteroatoms. The molecular weight excluding hydrogens is 255 g/mol. The molecule has 0 bridgehead atoms. The van der Waals surface area contributed by atoms with Crippen LogP contribution in [-0.2, 0) is 16.6 Å². The predicted octanol–water partition coefficient (Wildman–Crippen LogP) is 0.799. The highest BCUT2D eigenvalue weighted by Crippen LogP contribution is 2.20. The van der Waals surface area contributed by atoms with E-state index in [4.69, 9.17) is 6.42 Å². The number of hydrogen-bond donors (Lipinski definition) is 1. The zero-order chi connectivity index (χ0) is 13.8. The summed E-state index contributed by atoms with van der Waals surface area (Å²) in [5, 5.41) is 2.84. The standard InChI is InChI=1S/C12H15FN2O2S/c1-4-7-15(3)18(16,17)12-8-11(13)6-5-10(12)9-14-2/h1,5-6,8,14H,7,9H2,2-3H3. The molecule has 0 unspecified atom stereocenters. The smallest absolute Gasteiger partial charge is 0.244 e. The van der Waals surface area contributed by atoms with Gasteiger partial charge in [0.2, 0.25) is 10.0 Å². The summed E-state index contributed by atoms with van der Waals surface area (Å²) in [6, 6.07) is 3.68. The molecule has 1 aromatic carbocycles. The van der Waals surface area contributed by atoms with E-state index in [1.54, 1.807) is 7.05 Å². The molecule has 1 N–H and O–H groups in total. The number of hydrogen-bond acceptors (Lipinski definition) is 3. The lowest BCUT2D eigenvalue weighted by atomic mass is 10.2. The minimum atomic E-state index is -3.77. The van der Waals surface area contributed by atoms with E-state index in [1.165, 1.54) is 19.2 Å². The highest BCUT2D eigenvalue weighted by atomic mass is 32.2. The molecule has 0 atom stereocenters. The van der Waals surface area contributed by atoms with Crippen LogP contribution in [0.15, 0.2) is 23.1 Å². The zero-order valence-electron chi connectivity index (χ0n) is 10.3. The van der Waals surface area contributed by atoms with Crippen LogP contribution in [0.4, 0.5) is 4.39 Å². The van der Waals surface area contributed by atoms with E-state index in [9.17, 15) is 12.8 Å².